The average Bonchev–Trinajstić information content (AvgIpc) is 2.25. The zero-order valence-electron chi connectivity index (χ0n) is 10.4. The molecule has 1 N–H and O–H groups in total. The first kappa shape index (κ1) is 14.9. The second-order valence-electron chi connectivity index (χ2n) is 4.50. The van der Waals surface area contributed by atoms with Crippen molar-refractivity contribution in [3.05, 3.63) is 33.0 Å². The van der Waals surface area contributed by atoms with Crippen LogP contribution in [0.4, 0.5) is 4.39 Å². The van der Waals surface area contributed by atoms with Gasteiger partial charge in [0.15, 0.2) is 0 Å². The van der Waals surface area contributed by atoms with Gasteiger partial charge in [0.2, 0.25) is 0 Å². The van der Waals surface area contributed by atoms with Crippen LogP contribution >= 0.6 is 27.5 Å². The van der Waals surface area contributed by atoms with E-state index in [0.29, 0.717) is 16.0 Å². The van der Waals surface area contributed by atoms with Gasteiger partial charge >= 0.3 is 0 Å². The molecule has 0 heterocycles. The lowest BCUT2D eigenvalue weighted by Gasteiger charge is -2.21. The van der Waals surface area contributed by atoms with Crippen LogP contribution in [-0.2, 0) is 0 Å². The van der Waals surface area contributed by atoms with E-state index in [-0.39, 0.29) is 16.9 Å². The molecule has 1 atom stereocenters. The molecule has 1 nitrogen and oxygen atoms in total. The lowest BCUT2D eigenvalue weighted by Crippen LogP contribution is -2.23. The van der Waals surface area contributed by atoms with E-state index in [1.165, 1.54) is 0 Å². The summed E-state index contributed by atoms with van der Waals surface area (Å²) in [6, 6.07) is 3.61. The van der Waals surface area contributed by atoms with Gasteiger partial charge in [-0.15, -0.1) is 0 Å². The minimum Gasteiger partial charge on any atom is -0.310 e. The van der Waals surface area contributed by atoms with Crippen molar-refractivity contribution in [2.45, 2.75) is 33.2 Å². The fourth-order valence-electron chi connectivity index (χ4n) is 1.85. The second kappa shape index (κ2) is 6.72. The van der Waals surface area contributed by atoms with E-state index in [0.717, 1.165) is 13.0 Å². The largest absolute Gasteiger partial charge is 0.310 e. The molecule has 0 aliphatic heterocycles. The Labute approximate surface area is 116 Å². The SMILES string of the molecule is CCNC(CC(C)C)c1ccc(Br)c(Cl)c1F. The summed E-state index contributed by atoms with van der Waals surface area (Å²) < 4.78 is 14.7. The third-order valence-corrected chi connectivity index (χ3v) is 3.86. The van der Waals surface area contributed by atoms with Crippen LogP contribution in [0.3, 0.4) is 0 Å². The molecular formula is C13H18BrClFN. The summed E-state index contributed by atoms with van der Waals surface area (Å²) in [5, 5.41) is 3.47. The van der Waals surface area contributed by atoms with Crippen LogP contribution < -0.4 is 5.32 Å². The fourth-order valence-corrected chi connectivity index (χ4v) is 2.33. The molecule has 96 valence electrons. The first-order chi connectivity index (χ1) is 7.97. The second-order valence-corrected chi connectivity index (χ2v) is 5.74. The van der Waals surface area contributed by atoms with Crippen LogP contribution in [0.25, 0.3) is 0 Å². The molecule has 0 radical (unpaired) electrons. The molecule has 0 bridgehead atoms. The lowest BCUT2D eigenvalue weighted by atomic mass is 9.96. The van der Waals surface area contributed by atoms with Gasteiger partial charge in [0.25, 0.3) is 0 Å². The molecule has 1 rings (SSSR count). The standard InChI is InChI=1S/C13H18BrClFN/c1-4-17-11(7-8(2)3)9-5-6-10(14)12(15)13(9)16/h5-6,8,11,17H,4,7H2,1-3H3. The summed E-state index contributed by atoms with van der Waals surface area (Å²) >= 11 is 9.14. The highest BCUT2D eigenvalue weighted by Gasteiger charge is 2.19. The molecule has 4 heteroatoms. The Hall–Kier alpha value is -0.120. The van der Waals surface area contributed by atoms with Crippen LogP contribution in [0.2, 0.25) is 5.02 Å². The Kier molecular flexibility index (Phi) is 5.90. The number of nitrogens with one attached hydrogen (secondary N) is 1. The fraction of sp³-hybridized carbons (Fsp3) is 0.538. The monoisotopic (exact) mass is 321 g/mol. The van der Waals surface area contributed by atoms with Crippen LogP contribution in [-0.4, -0.2) is 6.54 Å². The molecule has 0 saturated carbocycles. The predicted molar refractivity (Wildman–Crippen MR) is 75.0 cm³/mol. The first-order valence-electron chi connectivity index (χ1n) is 5.84. The van der Waals surface area contributed by atoms with E-state index in [1.54, 1.807) is 12.1 Å². The Balaban J connectivity index is 3.05. The number of hydrogen-bond donors (Lipinski definition) is 1. The molecule has 17 heavy (non-hydrogen) atoms. The van der Waals surface area contributed by atoms with Crippen LogP contribution in [0, 0.1) is 11.7 Å². The number of rotatable bonds is 5. The molecular weight excluding hydrogens is 305 g/mol. The molecule has 0 aliphatic rings. The highest BCUT2D eigenvalue weighted by molar-refractivity contribution is 9.10. The van der Waals surface area contributed by atoms with Gasteiger partial charge in [0.05, 0.1) is 5.02 Å². The van der Waals surface area contributed by atoms with Crippen molar-refractivity contribution >= 4 is 27.5 Å². The Morgan fingerprint density at radius 3 is 2.59 bits per heavy atom. The summed E-state index contributed by atoms with van der Waals surface area (Å²) in [6.45, 7) is 7.08. The number of halogens is 3. The van der Waals surface area contributed by atoms with Crippen LogP contribution in [0.1, 0.15) is 38.8 Å². The summed E-state index contributed by atoms with van der Waals surface area (Å²) in [6.07, 6.45) is 0.892. The molecule has 0 spiro atoms. The van der Waals surface area contributed by atoms with E-state index in [4.69, 9.17) is 11.6 Å². The quantitative estimate of drug-likeness (QED) is 0.757. The highest BCUT2D eigenvalue weighted by atomic mass is 79.9. The lowest BCUT2D eigenvalue weighted by molar-refractivity contribution is 0.423. The minimum absolute atomic E-state index is 0.0191. The topological polar surface area (TPSA) is 12.0 Å². The zero-order chi connectivity index (χ0) is 13.0. The smallest absolute Gasteiger partial charge is 0.147 e. The Bertz CT molecular complexity index is 382. The third kappa shape index (κ3) is 3.94. The first-order valence-corrected chi connectivity index (χ1v) is 7.01. The van der Waals surface area contributed by atoms with Crippen molar-refractivity contribution in [2.24, 2.45) is 5.92 Å². The van der Waals surface area contributed by atoms with E-state index in [1.807, 2.05) is 6.92 Å². The molecule has 0 amide bonds. The van der Waals surface area contributed by atoms with Crippen molar-refractivity contribution in [3.63, 3.8) is 0 Å². The summed E-state index contributed by atoms with van der Waals surface area (Å²) in [7, 11) is 0. The van der Waals surface area contributed by atoms with Gasteiger partial charge in [-0.25, -0.2) is 4.39 Å². The maximum absolute atomic E-state index is 14.1. The predicted octanol–water partition coefficient (Wildman–Crippen LogP) is 4.94. The van der Waals surface area contributed by atoms with E-state index >= 15 is 0 Å². The van der Waals surface area contributed by atoms with Gasteiger partial charge in [-0.3, -0.25) is 0 Å². The van der Waals surface area contributed by atoms with E-state index < -0.39 is 0 Å². The van der Waals surface area contributed by atoms with Gasteiger partial charge in [0, 0.05) is 16.1 Å². The Morgan fingerprint density at radius 2 is 2.06 bits per heavy atom. The van der Waals surface area contributed by atoms with Crippen LogP contribution in [0.15, 0.2) is 16.6 Å². The maximum Gasteiger partial charge on any atom is 0.147 e. The zero-order valence-corrected chi connectivity index (χ0v) is 12.7. The molecule has 1 aromatic rings. The number of benzene rings is 1. The van der Waals surface area contributed by atoms with Gasteiger partial charge in [-0.2, -0.15) is 0 Å². The molecule has 0 aromatic heterocycles. The summed E-state index contributed by atoms with van der Waals surface area (Å²) in [4.78, 5) is 0. The molecule has 0 aliphatic carbocycles. The van der Waals surface area contributed by atoms with Crippen molar-refractivity contribution in [3.8, 4) is 0 Å². The number of hydrogen-bond acceptors (Lipinski definition) is 1. The summed E-state index contributed by atoms with van der Waals surface area (Å²) in [5.41, 5.74) is 0.647. The van der Waals surface area contributed by atoms with Crippen molar-refractivity contribution in [2.75, 3.05) is 6.54 Å². The molecule has 0 fully saturated rings. The van der Waals surface area contributed by atoms with E-state index in [2.05, 4.69) is 35.1 Å². The normalized spacial score (nSPS) is 13.1. The molecule has 0 saturated heterocycles. The van der Waals surface area contributed by atoms with Gasteiger partial charge < -0.3 is 5.32 Å². The van der Waals surface area contributed by atoms with Gasteiger partial charge in [-0.05, 0) is 40.9 Å². The van der Waals surface area contributed by atoms with Gasteiger partial charge in [0.1, 0.15) is 5.82 Å². The van der Waals surface area contributed by atoms with E-state index in [9.17, 15) is 4.39 Å². The van der Waals surface area contributed by atoms with Crippen molar-refractivity contribution in [1.82, 2.24) is 5.32 Å². The van der Waals surface area contributed by atoms with Gasteiger partial charge in [-0.1, -0.05) is 38.4 Å². The van der Waals surface area contributed by atoms with Crippen LogP contribution in [0.5, 0.6) is 0 Å². The molecule has 1 unspecified atom stereocenters. The average molecular weight is 323 g/mol. The van der Waals surface area contributed by atoms with Crippen molar-refractivity contribution in [1.29, 1.82) is 0 Å². The Morgan fingerprint density at radius 1 is 1.41 bits per heavy atom. The highest BCUT2D eigenvalue weighted by Crippen LogP contribution is 2.32. The minimum atomic E-state index is -0.326. The maximum atomic E-state index is 14.1. The summed E-state index contributed by atoms with van der Waals surface area (Å²) in [5.74, 6) is 0.175. The molecule has 1 aromatic carbocycles. The third-order valence-electron chi connectivity index (χ3n) is 2.60. The van der Waals surface area contributed by atoms with Crippen molar-refractivity contribution < 1.29 is 4.39 Å².